The summed E-state index contributed by atoms with van der Waals surface area (Å²) < 4.78 is 28.1. The number of nitrogens with zero attached hydrogens (tertiary/aromatic N) is 2. The van der Waals surface area contributed by atoms with Gasteiger partial charge in [-0.2, -0.15) is 4.31 Å². The first kappa shape index (κ1) is 23.4. The molecule has 4 rings (SSSR count). The Morgan fingerprint density at radius 1 is 0.871 bits per heavy atom. The minimum atomic E-state index is -3.90. The summed E-state index contributed by atoms with van der Waals surface area (Å²) in [6.45, 7) is 0.642. The second kappa shape index (κ2) is 8.88. The number of thiophene rings is 1. The zero-order valence-corrected chi connectivity index (χ0v) is 21.0. The van der Waals surface area contributed by atoms with Crippen LogP contribution in [-0.4, -0.2) is 49.7 Å². The largest absolute Gasteiger partial charge is 0.335 e. The lowest BCUT2D eigenvalue weighted by Gasteiger charge is -2.34. The maximum atomic E-state index is 13.0. The minimum absolute atomic E-state index is 0.0105. The van der Waals surface area contributed by atoms with E-state index in [0.717, 1.165) is 10.1 Å². The Morgan fingerprint density at radius 3 is 2.19 bits per heavy atom. The van der Waals surface area contributed by atoms with E-state index >= 15 is 0 Å². The van der Waals surface area contributed by atoms with Gasteiger partial charge < -0.3 is 4.90 Å². The van der Waals surface area contributed by atoms with Crippen molar-refractivity contribution in [2.75, 3.05) is 26.2 Å². The predicted molar refractivity (Wildman–Crippen MR) is 128 cm³/mol. The summed E-state index contributed by atoms with van der Waals surface area (Å²) in [6.07, 6.45) is 0. The van der Waals surface area contributed by atoms with Gasteiger partial charge >= 0.3 is 0 Å². The number of sulfonamides is 1. The number of fused-ring (bicyclic) bond motifs is 1. The van der Waals surface area contributed by atoms with Crippen LogP contribution in [0.25, 0.3) is 10.1 Å². The van der Waals surface area contributed by atoms with Gasteiger partial charge in [-0.3, -0.25) is 4.79 Å². The highest BCUT2D eigenvalue weighted by molar-refractivity contribution is 7.89. The summed E-state index contributed by atoms with van der Waals surface area (Å²) in [5.74, 6) is -0.244. The molecule has 2 aromatic carbocycles. The molecular weight excluding hydrogens is 546 g/mol. The molecule has 1 aliphatic heterocycles. The van der Waals surface area contributed by atoms with Gasteiger partial charge in [-0.15, -0.1) is 11.3 Å². The third-order valence-corrected chi connectivity index (χ3v) is 9.87. The molecule has 0 atom stereocenters. The van der Waals surface area contributed by atoms with Gasteiger partial charge in [0.05, 0.1) is 20.1 Å². The van der Waals surface area contributed by atoms with Crippen LogP contribution in [0.3, 0.4) is 0 Å². The first-order valence-electron chi connectivity index (χ1n) is 8.91. The highest BCUT2D eigenvalue weighted by atomic mass is 35.5. The van der Waals surface area contributed by atoms with Gasteiger partial charge in [-0.05, 0) is 24.3 Å². The molecular formula is C19H13Cl5N2O3S2. The molecule has 0 aliphatic carbocycles. The number of hydrogen-bond donors (Lipinski definition) is 0. The smallest absolute Gasteiger partial charge is 0.265 e. The summed E-state index contributed by atoms with van der Waals surface area (Å²) in [6, 6.07) is 7.79. The maximum Gasteiger partial charge on any atom is 0.265 e. The summed E-state index contributed by atoms with van der Waals surface area (Å²) in [5, 5.41) is 1.95. The van der Waals surface area contributed by atoms with Crippen LogP contribution in [0.4, 0.5) is 0 Å². The molecule has 164 valence electrons. The quantitative estimate of drug-likeness (QED) is 0.354. The second-order valence-corrected chi connectivity index (χ2v) is 11.8. The number of carbonyl (C=O) groups is 1. The van der Waals surface area contributed by atoms with Crippen molar-refractivity contribution in [3.05, 3.63) is 60.3 Å². The molecule has 2 heterocycles. The molecule has 1 fully saturated rings. The monoisotopic (exact) mass is 556 g/mol. The van der Waals surface area contributed by atoms with E-state index in [2.05, 4.69) is 0 Å². The van der Waals surface area contributed by atoms with Crippen LogP contribution in [0.1, 0.15) is 9.67 Å². The fraction of sp³-hybridized carbons (Fsp3) is 0.211. The van der Waals surface area contributed by atoms with Crippen LogP contribution < -0.4 is 0 Å². The van der Waals surface area contributed by atoms with Gasteiger partial charge in [0.2, 0.25) is 10.0 Å². The molecule has 0 bridgehead atoms. The molecule has 1 aliphatic rings. The average molecular weight is 559 g/mol. The number of rotatable bonds is 3. The van der Waals surface area contributed by atoms with Crippen LogP contribution in [0.15, 0.2) is 35.2 Å². The van der Waals surface area contributed by atoms with Crippen molar-refractivity contribution in [1.82, 2.24) is 9.21 Å². The second-order valence-electron chi connectivity index (χ2n) is 6.78. The first-order chi connectivity index (χ1) is 14.6. The summed E-state index contributed by atoms with van der Waals surface area (Å²) >= 11 is 31.7. The molecule has 31 heavy (non-hydrogen) atoms. The lowest BCUT2D eigenvalue weighted by atomic mass is 10.2. The zero-order valence-electron chi connectivity index (χ0n) is 15.5. The predicted octanol–water partition coefficient (Wildman–Crippen LogP) is 6.32. The van der Waals surface area contributed by atoms with Gasteiger partial charge in [0.15, 0.2) is 0 Å². The van der Waals surface area contributed by atoms with E-state index in [1.165, 1.54) is 27.8 Å². The fourth-order valence-electron chi connectivity index (χ4n) is 3.29. The topological polar surface area (TPSA) is 57.7 Å². The van der Waals surface area contributed by atoms with Gasteiger partial charge in [0, 0.05) is 41.3 Å². The number of piperazine rings is 1. The highest BCUT2D eigenvalue weighted by Gasteiger charge is 2.33. The Kier molecular flexibility index (Phi) is 6.70. The fourth-order valence-corrected chi connectivity index (χ4v) is 7.45. The SMILES string of the molecule is O=C(c1sc2cc(Cl)ccc2c1Cl)N1CCN(S(=O)(=O)c2cc(Cl)c(Cl)cc2Cl)CC1. The lowest BCUT2D eigenvalue weighted by Crippen LogP contribution is -2.50. The van der Waals surface area contributed by atoms with Crippen molar-refractivity contribution < 1.29 is 13.2 Å². The number of hydrogen-bond acceptors (Lipinski definition) is 4. The van der Waals surface area contributed by atoms with E-state index in [9.17, 15) is 13.2 Å². The highest BCUT2D eigenvalue weighted by Crippen LogP contribution is 2.38. The van der Waals surface area contributed by atoms with Crippen molar-refractivity contribution >= 4 is 95.4 Å². The van der Waals surface area contributed by atoms with Crippen molar-refractivity contribution in [3.63, 3.8) is 0 Å². The van der Waals surface area contributed by atoms with E-state index in [-0.39, 0.29) is 52.0 Å². The molecule has 0 spiro atoms. The molecule has 5 nitrogen and oxygen atoms in total. The van der Waals surface area contributed by atoms with Gasteiger partial charge in [-0.1, -0.05) is 64.1 Å². The molecule has 3 aromatic rings. The number of benzene rings is 2. The van der Waals surface area contributed by atoms with Crippen LogP contribution in [0.5, 0.6) is 0 Å². The lowest BCUT2D eigenvalue weighted by molar-refractivity contribution is 0.0703. The third-order valence-electron chi connectivity index (χ3n) is 4.90. The van der Waals surface area contributed by atoms with E-state index in [1.807, 2.05) is 0 Å². The molecule has 1 saturated heterocycles. The minimum Gasteiger partial charge on any atom is -0.335 e. The number of carbonyl (C=O) groups excluding carboxylic acids is 1. The third kappa shape index (κ3) is 4.39. The van der Waals surface area contributed by atoms with Gasteiger partial charge in [0.25, 0.3) is 5.91 Å². The van der Waals surface area contributed by atoms with Gasteiger partial charge in [0.1, 0.15) is 9.77 Å². The van der Waals surface area contributed by atoms with Crippen LogP contribution in [0, 0.1) is 0 Å². The Bertz CT molecular complexity index is 1300. The van der Waals surface area contributed by atoms with E-state index in [0.29, 0.717) is 14.9 Å². The van der Waals surface area contributed by atoms with E-state index in [4.69, 9.17) is 58.0 Å². The van der Waals surface area contributed by atoms with E-state index < -0.39 is 10.0 Å². The molecule has 12 heteroatoms. The summed E-state index contributed by atoms with van der Waals surface area (Å²) in [7, 11) is -3.90. The van der Waals surface area contributed by atoms with E-state index in [1.54, 1.807) is 23.1 Å². The molecule has 0 N–H and O–H groups in total. The van der Waals surface area contributed by atoms with Crippen molar-refractivity contribution in [3.8, 4) is 0 Å². The Labute approximate surface area is 208 Å². The Hall–Kier alpha value is -0.770. The maximum absolute atomic E-state index is 13.0. The van der Waals surface area contributed by atoms with Crippen molar-refractivity contribution in [2.45, 2.75) is 4.90 Å². The Balaban J connectivity index is 1.53. The van der Waals surface area contributed by atoms with Crippen LogP contribution in [-0.2, 0) is 10.0 Å². The summed E-state index contributed by atoms with van der Waals surface area (Å²) in [5.41, 5.74) is 0. The van der Waals surface area contributed by atoms with Crippen molar-refractivity contribution in [1.29, 1.82) is 0 Å². The summed E-state index contributed by atoms with van der Waals surface area (Å²) in [4.78, 5) is 14.9. The molecule has 0 radical (unpaired) electrons. The number of amides is 1. The molecule has 1 amide bonds. The van der Waals surface area contributed by atoms with Crippen LogP contribution >= 0.6 is 69.3 Å². The Morgan fingerprint density at radius 2 is 1.52 bits per heavy atom. The normalized spacial score (nSPS) is 15.6. The first-order valence-corrected chi connectivity index (χ1v) is 13.1. The molecule has 0 saturated carbocycles. The van der Waals surface area contributed by atoms with Crippen LogP contribution in [0.2, 0.25) is 25.1 Å². The van der Waals surface area contributed by atoms with Crippen molar-refractivity contribution in [2.24, 2.45) is 0 Å². The number of halogens is 5. The standard InChI is InChI=1S/C19H13Cl5N2O3S2/c20-10-1-2-11-15(7-10)30-18(17(11)24)19(27)25-3-5-26(6-4-25)31(28,29)16-9-13(22)12(21)8-14(16)23/h1-2,7-9H,3-6H2. The zero-order chi connectivity index (χ0) is 22.5. The molecule has 0 unspecified atom stereocenters. The van der Waals surface area contributed by atoms with Gasteiger partial charge in [-0.25, -0.2) is 8.42 Å². The molecule has 1 aromatic heterocycles. The average Bonchev–Trinajstić information content (AvgIpc) is 3.05.